The Morgan fingerprint density at radius 3 is 2.57 bits per heavy atom. The zero-order valence-corrected chi connectivity index (χ0v) is 8.66. The molecule has 2 heteroatoms. The molecule has 1 unspecified atom stereocenters. The van der Waals surface area contributed by atoms with E-state index >= 15 is 0 Å². The van der Waals surface area contributed by atoms with Gasteiger partial charge in [0.2, 0.25) is 0 Å². The molecule has 0 radical (unpaired) electrons. The first-order valence-corrected chi connectivity index (χ1v) is 4.92. The second kappa shape index (κ2) is 4.80. The highest BCUT2D eigenvalue weighted by Crippen LogP contribution is 2.15. The fraction of sp³-hybridized carbons (Fsp3) is 0.417. The zero-order chi connectivity index (χ0) is 10.6. The van der Waals surface area contributed by atoms with Gasteiger partial charge in [0, 0.05) is 0 Å². The largest absolute Gasteiger partial charge is 0.481 e. The van der Waals surface area contributed by atoms with Crippen molar-refractivity contribution in [2.24, 2.45) is 5.92 Å². The van der Waals surface area contributed by atoms with Crippen LogP contribution in [0.2, 0.25) is 0 Å². The van der Waals surface area contributed by atoms with Crippen LogP contribution in [0, 0.1) is 12.8 Å². The van der Waals surface area contributed by atoms with E-state index in [2.05, 4.69) is 0 Å². The Hall–Kier alpha value is -1.31. The lowest BCUT2D eigenvalue weighted by atomic mass is 9.94. The lowest BCUT2D eigenvalue weighted by Crippen LogP contribution is -2.15. The molecule has 0 saturated heterocycles. The Balaban J connectivity index is 2.77. The standard InChI is InChI=1S/C12H16O2/c1-3-10(12(13)14)8-11-7-5-4-6-9(11)2/h4-7,10H,3,8H2,1-2H3,(H,13,14). The van der Waals surface area contributed by atoms with E-state index in [0.717, 1.165) is 5.56 Å². The van der Waals surface area contributed by atoms with E-state index in [0.29, 0.717) is 12.8 Å². The number of benzene rings is 1. The molecular weight excluding hydrogens is 176 g/mol. The Bertz CT molecular complexity index is 318. The normalized spacial score (nSPS) is 12.4. The van der Waals surface area contributed by atoms with Crippen molar-refractivity contribution in [1.82, 2.24) is 0 Å². The third-order valence-electron chi connectivity index (χ3n) is 2.57. The van der Waals surface area contributed by atoms with Gasteiger partial charge in [-0.1, -0.05) is 31.2 Å². The summed E-state index contributed by atoms with van der Waals surface area (Å²) in [5.41, 5.74) is 2.31. The molecule has 76 valence electrons. The van der Waals surface area contributed by atoms with E-state index in [-0.39, 0.29) is 5.92 Å². The van der Waals surface area contributed by atoms with Gasteiger partial charge in [-0.05, 0) is 30.9 Å². The van der Waals surface area contributed by atoms with Gasteiger partial charge < -0.3 is 5.11 Å². The smallest absolute Gasteiger partial charge is 0.306 e. The van der Waals surface area contributed by atoms with Crippen LogP contribution in [0.1, 0.15) is 24.5 Å². The van der Waals surface area contributed by atoms with Crippen LogP contribution in [0.4, 0.5) is 0 Å². The summed E-state index contributed by atoms with van der Waals surface area (Å²) in [6.45, 7) is 3.93. The van der Waals surface area contributed by atoms with Crippen molar-refractivity contribution in [3.8, 4) is 0 Å². The van der Waals surface area contributed by atoms with Crippen molar-refractivity contribution in [2.45, 2.75) is 26.7 Å². The quantitative estimate of drug-likeness (QED) is 0.796. The van der Waals surface area contributed by atoms with Gasteiger partial charge in [-0.15, -0.1) is 0 Å². The molecule has 0 amide bonds. The highest BCUT2D eigenvalue weighted by molar-refractivity contribution is 5.70. The first kappa shape index (κ1) is 10.8. The lowest BCUT2D eigenvalue weighted by molar-refractivity contribution is -0.141. The van der Waals surface area contributed by atoms with Crippen LogP contribution in [-0.4, -0.2) is 11.1 Å². The highest BCUT2D eigenvalue weighted by atomic mass is 16.4. The molecule has 1 atom stereocenters. The van der Waals surface area contributed by atoms with E-state index in [1.54, 1.807) is 0 Å². The molecule has 0 aliphatic heterocycles. The summed E-state index contributed by atoms with van der Waals surface area (Å²) in [6.07, 6.45) is 1.32. The summed E-state index contributed by atoms with van der Waals surface area (Å²) in [4.78, 5) is 10.8. The van der Waals surface area contributed by atoms with E-state index in [9.17, 15) is 4.79 Å². The molecule has 0 saturated carbocycles. The number of carboxylic acids is 1. The molecule has 0 aromatic heterocycles. The molecule has 0 bridgehead atoms. The molecule has 1 rings (SSSR count). The van der Waals surface area contributed by atoms with Gasteiger partial charge in [0.25, 0.3) is 0 Å². The number of rotatable bonds is 4. The highest BCUT2D eigenvalue weighted by Gasteiger charge is 2.15. The summed E-state index contributed by atoms with van der Waals surface area (Å²) in [5.74, 6) is -0.952. The summed E-state index contributed by atoms with van der Waals surface area (Å²) in [7, 11) is 0. The maximum atomic E-state index is 10.8. The Kier molecular flexibility index (Phi) is 3.69. The number of aliphatic carboxylic acids is 1. The van der Waals surface area contributed by atoms with Crippen molar-refractivity contribution < 1.29 is 9.90 Å². The maximum Gasteiger partial charge on any atom is 0.306 e. The molecule has 0 spiro atoms. The molecule has 0 aliphatic rings. The molecule has 14 heavy (non-hydrogen) atoms. The predicted molar refractivity (Wildman–Crippen MR) is 56.3 cm³/mol. The van der Waals surface area contributed by atoms with E-state index in [1.165, 1.54) is 5.56 Å². The molecule has 2 nitrogen and oxygen atoms in total. The van der Waals surface area contributed by atoms with Gasteiger partial charge in [0.05, 0.1) is 5.92 Å². The minimum Gasteiger partial charge on any atom is -0.481 e. The zero-order valence-electron chi connectivity index (χ0n) is 8.66. The number of aryl methyl sites for hydroxylation is 1. The molecule has 0 aliphatic carbocycles. The average Bonchev–Trinajstić information content (AvgIpc) is 2.16. The minimum absolute atomic E-state index is 0.254. The van der Waals surface area contributed by atoms with E-state index in [1.807, 2.05) is 38.1 Å². The van der Waals surface area contributed by atoms with Crippen molar-refractivity contribution in [3.63, 3.8) is 0 Å². The Morgan fingerprint density at radius 2 is 2.07 bits per heavy atom. The maximum absolute atomic E-state index is 10.8. The summed E-state index contributed by atoms with van der Waals surface area (Å²) < 4.78 is 0. The molecular formula is C12H16O2. The molecule has 0 heterocycles. The van der Waals surface area contributed by atoms with Crippen LogP contribution in [-0.2, 0) is 11.2 Å². The predicted octanol–water partition coefficient (Wildman–Crippen LogP) is 2.65. The van der Waals surface area contributed by atoms with Gasteiger partial charge in [-0.3, -0.25) is 4.79 Å². The summed E-state index contributed by atoms with van der Waals surface area (Å²) >= 11 is 0. The third-order valence-corrected chi connectivity index (χ3v) is 2.57. The lowest BCUT2D eigenvalue weighted by Gasteiger charge is -2.11. The van der Waals surface area contributed by atoms with Crippen LogP contribution in [0.25, 0.3) is 0 Å². The van der Waals surface area contributed by atoms with E-state index < -0.39 is 5.97 Å². The Morgan fingerprint density at radius 1 is 1.43 bits per heavy atom. The first-order chi connectivity index (χ1) is 6.65. The van der Waals surface area contributed by atoms with Crippen LogP contribution in [0.15, 0.2) is 24.3 Å². The van der Waals surface area contributed by atoms with E-state index in [4.69, 9.17) is 5.11 Å². The third kappa shape index (κ3) is 2.59. The second-order valence-corrected chi connectivity index (χ2v) is 3.57. The van der Waals surface area contributed by atoms with Crippen LogP contribution < -0.4 is 0 Å². The number of carbonyl (C=O) groups is 1. The number of hydrogen-bond acceptors (Lipinski definition) is 1. The van der Waals surface area contributed by atoms with Crippen molar-refractivity contribution >= 4 is 5.97 Å². The monoisotopic (exact) mass is 192 g/mol. The van der Waals surface area contributed by atoms with Gasteiger partial charge in [-0.25, -0.2) is 0 Å². The number of hydrogen-bond donors (Lipinski definition) is 1. The van der Waals surface area contributed by atoms with Gasteiger partial charge in [0.1, 0.15) is 0 Å². The Labute approximate surface area is 84.6 Å². The first-order valence-electron chi connectivity index (χ1n) is 4.92. The molecule has 1 N–H and O–H groups in total. The molecule has 1 aromatic rings. The summed E-state index contributed by atoms with van der Waals surface area (Å²) in [6, 6.07) is 7.95. The van der Waals surface area contributed by atoms with Crippen molar-refractivity contribution in [3.05, 3.63) is 35.4 Å². The van der Waals surface area contributed by atoms with Gasteiger partial charge >= 0.3 is 5.97 Å². The fourth-order valence-electron chi connectivity index (χ4n) is 1.51. The molecule has 0 fully saturated rings. The van der Waals surface area contributed by atoms with Crippen LogP contribution in [0.5, 0.6) is 0 Å². The van der Waals surface area contributed by atoms with Gasteiger partial charge in [-0.2, -0.15) is 0 Å². The number of carboxylic acid groups (broad SMARTS) is 1. The van der Waals surface area contributed by atoms with Crippen molar-refractivity contribution in [1.29, 1.82) is 0 Å². The van der Waals surface area contributed by atoms with Gasteiger partial charge in [0.15, 0.2) is 0 Å². The topological polar surface area (TPSA) is 37.3 Å². The van der Waals surface area contributed by atoms with Crippen LogP contribution in [0.3, 0.4) is 0 Å². The fourth-order valence-corrected chi connectivity index (χ4v) is 1.51. The second-order valence-electron chi connectivity index (χ2n) is 3.57. The minimum atomic E-state index is -0.698. The van der Waals surface area contributed by atoms with Crippen LogP contribution >= 0.6 is 0 Å². The average molecular weight is 192 g/mol. The van der Waals surface area contributed by atoms with Crippen molar-refractivity contribution in [2.75, 3.05) is 0 Å². The molecule has 1 aromatic carbocycles. The summed E-state index contributed by atoms with van der Waals surface area (Å²) in [5, 5.41) is 8.93. The SMILES string of the molecule is CCC(Cc1ccccc1C)C(=O)O.